The zero-order valence-electron chi connectivity index (χ0n) is 11.8. The SMILES string of the molecule is NC1CCN2C(=O)c3cc(-c4ccsc4)ccc3NC(=O)C12. The lowest BCUT2D eigenvalue weighted by Crippen LogP contribution is -2.48. The van der Waals surface area contributed by atoms with Gasteiger partial charge in [-0.1, -0.05) is 6.07 Å². The number of rotatable bonds is 1. The summed E-state index contributed by atoms with van der Waals surface area (Å²) in [5.74, 6) is -0.316. The van der Waals surface area contributed by atoms with Crippen LogP contribution in [0.15, 0.2) is 35.0 Å². The second kappa shape index (κ2) is 4.93. The van der Waals surface area contributed by atoms with Gasteiger partial charge in [-0.05, 0) is 46.5 Å². The molecule has 1 aromatic heterocycles. The van der Waals surface area contributed by atoms with Crippen LogP contribution in [0.3, 0.4) is 0 Å². The van der Waals surface area contributed by atoms with Gasteiger partial charge in [0.05, 0.1) is 11.3 Å². The van der Waals surface area contributed by atoms with Crippen LogP contribution in [0.5, 0.6) is 0 Å². The highest BCUT2D eigenvalue weighted by Crippen LogP contribution is 2.32. The lowest BCUT2D eigenvalue weighted by Gasteiger charge is -2.22. The van der Waals surface area contributed by atoms with E-state index in [1.54, 1.807) is 22.3 Å². The Morgan fingerprint density at radius 1 is 1.23 bits per heavy atom. The summed E-state index contributed by atoms with van der Waals surface area (Å²) in [5.41, 5.74) is 9.15. The highest BCUT2D eigenvalue weighted by Gasteiger charge is 2.43. The van der Waals surface area contributed by atoms with Crippen LogP contribution in [0, 0.1) is 0 Å². The van der Waals surface area contributed by atoms with Crippen molar-refractivity contribution in [3.8, 4) is 11.1 Å². The van der Waals surface area contributed by atoms with E-state index in [4.69, 9.17) is 5.73 Å². The summed E-state index contributed by atoms with van der Waals surface area (Å²) in [6.45, 7) is 0.528. The summed E-state index contributed by atoms with van der Waals surface area (Å²) in [7, 11) is 0. The van der Waals surface area contributed by atoms with Crippen molar-refractivity contribution in [2.75, 3.05) is 11.9 Å². The number of fused-ring (bicyclic) bond motifs is 2. The van der Waals surface area contributed by atoms with Crippen molar-refractivity contribution in [3.05, 3.63) is 40.6 Å². The molecule has 2 unspecified atom stereocenters. The van der Waals surface area contributed by atoms with Crippen LogP contribution >= 0.6 is 11.3 Å². The standard InChI is InChI=1S/C16H15N3O2S/c17-12-3-5-19-14(12)15(20)18-13-2-1-9(7-11(13)16(19)21)10-4-6-22-8-10/h1-2,4,6-8,12,14H,3,5,17H2,(H,18,20). The first-order valence-electron chi connectivity index (χ1n) is 7.19. The summed E-state index contributed by atoms with van der Waals surface area (Å²) >= 11 is 1.61. The number of hydrogen-bond donors (Lipinski definition) is 2. The summed E-state index contributed by atoms with van der Waals surface area (Å²) in [6, 6.07) is 6.72. The van der Waals surface area contributed by atoms with Crippen molar-refractivity contribution in [3.63, 3.8) is 0 Å². The maximum Gasteiger partial charge on any atom is 0.256 e. The lowest BCUT2D eigenvalue weighted by atomic mass is 10.0. The number of amides is 2. The summed E-state index contributed by atoms with van der Waals surface area (Å²) < 4.78 is 0. The van der Waals surface area contributed by atoms with E-state index in [0.717, 1.165) is 11.1 Å². The molecule has 1 fully saturated rings. The largest absolute Gasteiger partial charge is 0.325 e. The number of carbonyl (C=O) groups is 2. The van der Waals surface area contributed by atoms with Crippen molar-refractivity contribution in [1.29, 1.82) is 0 Å². The van der Waals surface area contributed by atoms with Gasteiger partial charge in [-0.2, -0.15) is 11.3 Å². The summed E-state index contributed by atoms with van der Waals surface area (Å²) in [6.07, 6.45) is 0.656. The molecule has 0 spiro atoms. The molecule has 3 heterocycles. The highest BCUT2D eigenvalue weighted by atomic mass is 32.1. The van der Waals surface area contributed by atoms with Crippen LogP contribution in [0.25, 0.3) is 11.1 Å². The van der Waals surface area contributed by atoms with E-state index in [9.17, 15) is 9.59 Å². The molecule has 2 aliphatic heterocycles. The molecule has 1 aromatic carbocycles. The molecule has 112 valence electrons. The van der Waals surface area contributed by atoms with Gasteiger partial charge in [-0.15, -0.1) is 0 Å². The molecule has 3 N–H and O–H groups in total. The van der Waals surface area contributed by atoms with Crippen molar-refractivity contribution >= 4 is 28.8 Å². The predicted molar refractivity (Wildman–Crippen MR) is 85.8 cm³/mol. The number of benzene rings is 1. The second-order valence-corrected chi connectivity index (χ2v) is 6.44. The zero-order valence-corrected chi connectivity index (χ0v) is 12.6. The molecule has 6 heteroatoms. The molecular formula is C16H15N3O2S. The molecule has 2 amide bonds. The number of thiophene rings is 1. The van der Waals surface area contributed by atoms with Crippen LogP contribution < -0.4 is 11.1 Å². The Bertz CT molecular complexity index is 757. The Balaban J connectivity index is 1.81. The number of carbonyl (C=O) groups excluding carboxylic acids is 2. The van der Waals surface area contributed by atoms with E-state index < -0.39 is 6.04 Å². The van der Waals surface area contributed by atoms with Gasteiger partial charge in [0.2, 0.25) is 5.91 Å². The Kier molecular flexibility index (Phi) is 3.02. The van der Waals surface area contributed by atoms with E-state index in [0.29, 0.717) is 24.2 Å². The van der Waals surface area contributed by atoms with Gasteiger partial charge in [0, 0.05) is 12.6 Å². The molecule has 4 rings (SSSR count). The van der Waals surface area contributed by atoms with Crippen molar-refractivity contribution < 1.29 is 9.59 Å². The Morgan fingerprint density at radius 2 is 2.09 bits per heavy atom. The number of anilines is 1. The van der Waals surface area contributed by atoms with Gasteiger partial charge >= 0.3 is 0 Å². The normalized spacial score (nSPS) is 23.8. The first kappa shape index (κ1) is 13.5. The van der Waals surface area contributed by atoms with E-state index in [1.807, 2.05) is 29.0 Å². The molecule has 2 aromatic rings. The maximum absolute atomic E-state index is 12.8. The van der Waals surface area contributed by atoms with Gasteiger partial charge < -0.3 is 16.0 Å². The van der Waals surface area contributed by atoms with Crippen molar-refractivity contribution in [1.82, 2.24) is 4.90 Å². The molecule has 22 heavy (non-hydrogen) atoms. The Labute approximate surface area is 131 Å². The average molecular weight is 313 g/mol. The van der Waals surface area contributed by atoms with Crippen LogP contribution in [0.1, 0.15) is 16.8 Å². The van der Waals surface area contributed by atoms with Gasteiger partial charge in [0.25, 0.3) is 5.91 Å². The molecule has 0 radical (unpaired) electrons. The number of hydrogen-bond acceptors (Lipinski definition) is 4. The van der Waals surface area contributed by atoms with Crippen LogP contribution in [-0.4, -0.2) is 35.3 Å². The third-order valence-electron chi connectivity index (χ3n) is 4.34. The first-order chi connectivity index (χ1) is 10.6. The third kappa shape index (κ3) is 1.95. The minimum absolute atomic E-state index is 0.122. The van der Waals surface area contributed by atoms with Gasteiger partial charge in [-0.25, -0.2) is 0 Å². The van der Waals surface area contributed by atoms with Gasteiger partial charge in [0.15, 0.2) is 0 Å². The molecule has 0 saturated carbocycles. The highest BCUT2D eigenvalue weighted by molar-refractivity contribution is 7.08. The van der Waals surface area contributed by atoms with Crippen LogP contribution in [0.2, 0.25) is 0 Å². The minimum atomic E-state index is -0.565. The smallest absolute Gasteiger partial charge is 0.256 e. The first-order valence-corrected chi connectivity index (χ1v) is 8.13. The van der Waals surface area contributed by atoms with E-state index in [-0.39, 0.29) is 17.9 Å². The molecule has 2 aliphatic rings. The average Bonchev–Trinajstić information content (AvgIpc) is 3.14. The summed E-state index contributed by atoms with van der Waals surface area (Å²) in [5, 5.41) is 6.89. The third-order valence-corrected chi connectivity index (χ3v) is 5.02. The molecule has 5 nitrogen and oxygen atoms in total. The van der Waals surface area contributed by atoms with Crippen LogP contribution in [-0.2, 0) is 4.79 Å². The van der Waals surface area contributed by atoms with Gasteiger partial charge in [-0.3, -0.25) is 9.59 Å². The zero-order chi connectivity index (χ0) is 15.3. The monoisotopic (exact) mass is 313 g/mol. The van der Waals surface area contributed by atoms with Crippen molar-refractivity contribution in [2.45, 2.75) is 18.5 Å². The quantitative estimate of drug-likeness (QED) is 0.844. The van der Waals surface area contributed by atoms with E-state index >= 15 is 0 Å². The van der Waals surface area contributed by atoms with Crippen LogP contribution in [0.4, 0.5) is 5.69 Å². The van der Waals surface area contributed by atoms with Crippen molar-refractivity contribution in [2.24, 2.45) is 5.73 Å². The lowest BCUT2D eigenvalue weighted by molar-refractivity contribution is -0.119. The molecule has 2 atom stereocenters. The second-order valence-electron chi connectivity index (χ2n) is 5.66. The summed E-state index contributed by atoms with van der Waals surface area (Å²) in [4.78, 5) is 26.8. The Hall–Kier alpha value is -2.18. The van der Waals surface area contributed by atoms with E-state index in [2.05, 4.69) is 5.32 Å². The van der Waals surface area contributed by atoms with Gasteiger partial charge in [0.1, 0.15) is 6.04 Å². The minimum Gasteiger partial charge on any atom is -0.325 e. The Morgan fingerprint density at radius 3 is 2.86 bits per heavy atom. The number of nitrogens with one attached hydrogen (secondary N) is 1. The fourth-order valence-electron chi connectivity index (χ4n) is 3.18. The van der Waals surface area contributed by atoms with E-state index in [1.165, 1.54) is 0 Å². The molecule has 0 aliphatic carbocycles. The molecule has 1 saturated heterocycles. The molecular weight excluding hydrogens is 298 g/mol. The fraction of sp³-hybridized carbons (Fsp3) is 0.250. The predicted octanol–water partition coefficient (Wildman–Crippen LogP) is 1.91. The topological polar surface area (TPSA) is 75.4 Å². The molecule has 0 bridgehead atoms. The maximum atomic E-state index is 12.8. The number of nitrogens with zero attached hydrogens (tertiary/aromatic N) is 1. The fourth-order valence-corrected chi connectivity index (χ4v) is 3.84. The number of nitrogens with two attached hydrogens (primary N) is 1.